The van der Waals surface area contributed by atoms with Gasteiger partial charge in [0.1, 0.15) is 5.82 Å². The molecule has 1 aromatic carbocycles. The Morgan fingerprint density at radius 2 is 1.94 bits per heavy atom. The summed E-state index contributed by atoms with van der Waals surface area (Å²) in [6, 6.07) is 8.53. The first-order valence-electron chi connectivity index (χ1n) is 12.5. The van der Waals surface area contributed by atoms with Gasteiger partial charge in [0.2, 0.25) is 0 Å². The molecule has 3 heterocycles. The molecule has 5 N–H and O–H groups in total. The summed E-state index contributed by atoms with van der Waals surface area (Å²) < 4.78 is 0. The van der Waals surface area contributed by atoms with Crippen molar-refractivity contribution in [1.82, 2.24) is 20.5 Å². The SMILES string of the molecule is Cc1cc(N2CCN(CC3CCNCC3)CC2)nc2ccc(NC(=S)NCCCCN)cc12. The zero-order chi connectivity index (χ0) is 23.0. The van der Waals surface area contributed by atoms with E-state index in [9.17, 15) is 0 Å². The van der Waals surface area contributed by atoms with Crippen LogP contribution in [0.5, 0.6) is 0 Å². The monoisotopic (exact) mass is 469 g/mol. The fourth-order valence-corrected chi connectivity index (χ4v) is 5.07. The number of piperazine rings is 1. The molecule has 0 atom stereocenters. The van der Waals surface area contributed by atoms with E-state index in [-0.39, 0.29) is 0 Å². The zero-order valence-corrected chi connectivity index (χ0v) is 20.7. The highest BCUT2D eigenvalue weighted by atomic mass is 32.1. The van der Waals surface area contributed by atoms with Gasteiger partial charge in [0, 0.05) is 50.3 Å². The number of aryl methyl sites for hydroxylation is 1. The maximum Gasteiger partial charge on any atom is 0.170 e. The maximum atomic E-state index is 5.55. The van der Waals surface area contributed by atoms with Crippen molar-refractivity contribution >= 4 is 39.7 Å². The summed E-state index contributed by atoms with van der Waals surface area (Å²) in [5.41, 5.74) is 8.82. The summed E-state index contributed by atoms with van der Waals surface area (Å²) in [7, 11) is 0. The highest BCUT2D eigenvalue weighted by Crippen LogP contribution is 2.26. The number of nitrogens with two attached hydrogens (primary N) is 1. The van der Waals surface area contributed by atoms with Crippen LogP contribution in [0, 0.1) is 12.8 Å². The molecule has 1 aromatic heterocycles. The van der Waals surface area contributed by atoms with Gasteiger partial charge in [-0.3, -0.25) is 4.90 Å². The molecule has 0 saturated carbocycles. The van der Waals surface area contributed by atoms with Gasteiger partial charge >= 0.3 is 0 Å². The van der Waals surface area contributed by atoms with Gasteiger partial charge in [-0.25, -0.2) is 4.98 Å². The summed E-state index contributed by atoms with van der Waals surface area (Å²) >= 11 is 5.43. The van der Waals surface area contributed by atoms with E-state index in [0.29, 0.717) is 5.11 Å². The van der Waals surface area contributed by atoms with Crippen LogP contribution in [-0.2, 0) is 0 Å². The number of hydrogen-bond donors (Lipinski definition) is 4. The fourth-order valence-electron chi connectivity index (χ4n) is 4.85. The second kappa shape index (κ2) is 11.9. The second-order valence-corrected chi connectivity index (χ2v) is 9.80. The van der Waals surface area contributed by atoms with Crippen molar-refractivity contribution in [1.29, 1.82) is 0 Å². The fraction of sp³-hybridized carbons (Fsp3) is 0.600. The minimum atomic E-state index is 0.649. The minimum Gasteiger partial charge on any atom is -0.362 e. The summed E-state index contributed by atoms with van der Waals surface area (Å²) in [6.45, 7) is 11.7. The average Bonchev–Trinajstić information content (AvgIpc) is 2.83. The number of thiocarbonyl (C=S) groups is 1. The molecule has 2 fully saturated rings. The first-order chi connectivity index (χ1) is 16.1. The lowest BCUT2D eigenvalue weighted by Crippen LogP contribution is -2.48. The van der Waals surface area contributed by atoms with Crippen LogP contribution < -0.4 is 26.6 Å². The summed E-state index contributed by atoms with van der Waals surface area (Å²) in [5.74, 6) is 1.95. The van der Waals surface area contributed by atoms with E-state index in [1.165, 1.54) is 43.4 Å². The van der Waals surface area contributed by atoms with Crippen LogP contribution in [0.25, 0.3) is 10.9 Å². The van der Waals surface area contributed by atoms with Crippen molar-refractivity contribution in [3.8, 4) is 0 Å². The lowest BCUT2D eigenvalue weighted by atomic mass is 9.97. The van der Waals surface area contributed by atoms with Crippen LogP contribution >= 0.6 is 12.2 Å². The van der Waals surface area contributed by atoms with E-state index in [4.69, 9.17) is 22.9 Å². The normalized spacial score (nSPS) is 17.9. The molecule has 4 rings (SSSR count). The van der Waals surface area contributed by atoms with Crippen molar-refractivity contribution in [3.05, 3.63) is 29.8 Å². The summed E-state index contributed by atoms with van der Waals surface area (Å²) in [6.07, 6.45) is 4.66. The molecule has 33 heavy (non-hydrogen) atoms. The van der Waals surface area contributed by atoms with E-state index in [2.05, 4.69) is 56.9 Å². The molecular formula is C25H39N7S. The van der Waals surface area contributed by atoms with Crippen molar-refractivity contribution in [2.24, 2.45) is 11.7 Å². The average molecular weight is 470 g/mol. The van der Waals surface area contributed by atoms with E-state index < -0.39 is 0 Å². The number of fused-ring (bicyclic) bond motifs is 1. The zero-order valence-electron chi connectivity index (χ0n) is 19.9. The van der Waals surface area contributed by atoms with Crippen LogP contribution in [0.1, 0.15) is 31.2 Å². The van der Waals surface area contributed by atoms with Crippen molar-refractivity contribution in [3.63, 3.8) is 0 Å². The third-order valence-corrected chi connectivity index (χ3v) is 7.09. The molecule has 2 aliphatic rings. The molecule has 0 spiro atoms. The predicted molar refractivity (Wildman–Crippen MR) is 143 cm³/mol. The number of rotatable bonds is 8. The number of nitrogens with zero attached hydrogens (tertiary/aromatic N) is 3. The molecule has 0 unspecified atom stereocenters. The summed E-state index contributed by atoms with van der Waals surface area (Å²) in [4.78, 5) is 10.1. The van der Waals surface area contributed by atoms with Crippen LogP contribution in [0.2, 0.25) is 0 Å². The lowest BCUT2D eigenvalue weighted by Gasteiger charge is -2.38. The van der Waals surface area contributed by atoms with Crippen molar-refractivity contribution in [2.45, 2.75) is 32.6 Å². The number of unbranched alkanes of at least 4 members (excludes halogenated alkanes) is 1. The van der Waals surface area contributed by atoms with Crippen LogP contribution in [0.15, 0.2) is 24.3 Å². The van der Waals surface area contributed by atoms with Crippen molar-refractivity contribution < 1.29 is 0 Å². The van der Waals surface area contributed by atoms with Gasteiger partial charge in [-0.15, -0.1) is 0 Å². The first kappa shape index (κ1) is 24.1. The highest BCUT2D eigenvalue weighted by Gasteiger charge is 2.22. The molecule has 0 radical (unpaired) electrons. The Hall–Kier alpha value is -2.00. The van der Waals surface area contributed by atoms with Gasteiger partial charge in [0.25, 0.3) is 0 Å². The summed E-state index contributed by atoms with van der Waals surface area (Å²) in [5, 5.41) is 11.8. The van der Waals surface area contributed by atoms with Gasteiger partial charge in [-0.1, -0.05) is 0 Å². The van der Waals surface area contributed by atoms with Gasteiger partial charge in [0.05, 0.1) is 5.52 Å². The Kier molecular flexibility index (Phi) is 8.72. The molecule has 2 saturated heterocycles. The number of hydrogen-bond acceptors (Lipinski definition) is 6. The van der Waals surface area contributed by atoms with E-state index in [1.807, 2.05) is 0 Å². The third-order valence-electron chi connectivity index (χ3n) is 6.85. The lowest BCUT2D eigenvalue weighted by molar-refractivity contribution is 0.196. The van der Waals surface area contributed by atoms with Crippen LogP contribution in [0.4, 0.5) is 11.5 Å². The number of nitrogens with one attached hydrogen (secondary N) is 3. The molecule has 2 aromatic rings. The van der Waals surface area contributed by atoms with Gasteiger partial charge < -0.3 is 26.6 Å². The van der Waals surface area contributed by atoms with Crippen LogP contribution in [0.3, 0.4) is 0 Å². The number of benzene rings is 1. The third kappa shape index (κ3) is 6.76. The molecule has 2 aliphatic heterocycles. The van der Waals surface area contributed by atoms with Gasteiger partial charge in [0.15, 0.2) is 5.11 Å². The second-order valence-electron chi connectivity index (χ2n) is 9.39. The molecule has 0 aliphatic carbocycles. The van der Waals surface area contributed by atoms with Crippen LogP contribution in [-0.4, -0.2) is 73.9 Å². The number of aromatic nitrogens is 1. The number of anilines is 2. The van der Waals surface area contributed by atoms with Gasteiger partial charge in [-0.05, 0) is 100 Å². The van der Waals surface area contributed by atoms with E-state index in [1.54, 1.807) is 0 Å². The molecule has 7 nitrogen and oxygen atoms in total. The highest BCUT2D eigenvalue weighted by molar-refractivity contribution is 7.80. The van der Waals surface area contributed by atoms with E-state index >= 15 is 0 Å². The number of pyridine rings is 1. The number of piperidine rings is 1. The minimum absolute atomic E-state index is 0.649. The maximum absolute atomic E-state index is 5.55. The standard InChI is InChI=1S/C25H39N7S/c1-19-16-24(32-14-12-31(13-15-32)18-20-6-10-27-11-7-20)30-23-5-4-21(17-22(19)23)29-25(33)28-9-3-2-8-26/h4-5,16-17,20,27H,2-3,6-15,18,26H2,1H3,(H2,28,29,33). The first-order valence-corrected chi connectivity index (χ1v) is 12.9. The quantitative estimate of drug-likeness (QED) is 0.347. The molecule has 0 amide bonds. The Bertz CT molecular complexity index is 920. The Morgan fingerprint density at radius 1 is 1.15 bits per heavy atom. The van der Waals surface area contributed by atoms with Gasteiger partial charge in [-0.2, -0.15) is 0 Å². The van der Waals surface area contributed by atoms with E-state index in [0.717, 1.165) is 75.1 Å². The van der Waals surface area contributed by atoms with Crippen molar-refractivity contribution in [2.75, 3.05) is 69.1 Å². The Balaban J connectivity index is 1.34. The molecule has 0 bridgehead atoms. The predicted octanol–water partition coefficient (Wildman–Crippen LogP) is 2.69. The topological polar surface area (TPSA) is 81.5 Å². The smallest absolute Gasteiger partial charge is 0.170 e. The molecule has 8 heteroatoms. The molecule has 180 valence electrons. The largest absolute Gasteiger partial charge is 0.362 e. The molecular weight excluding hydrogens is 430 g/mol. The Morgan fingerprint density at radius 3 is 2.70 bits per heavy atom. The Labute approximate surface area is 203 Å².